The van der Waals surface area contributed by atoms with Crippen molar-refractivity contribution in [2.45, 2.75) is 45.1 Å². The molecule has 7 heteroatoms. The molecule has 1 aliphatic carbocycles. The first kappa shape index (κ1) is 16.7. The fraction of sp³-hybridized carbons (Fsp3) is 0.588. The number of nitrogens with zero attached hydrogens (tertiary/aromatic N) is 4. The minimum absolute atomic E-state index is 0.316. The zero-order chi connectivity index (χ0) is 17.3. The Balaban J connectivity index is 1.70. The molecule has 0 bridgehead atoms. The van der Waals surface area contributed by atoms with Crippen molar-refractivity contribution in [3.05, 3.63) is 28.7 Å². The molecule has 0 aromatic carbocycles. The summed E-state index contributed by atoms with van der Waals surface area (Å²) in [5.74, 6) is 2.08. The fourth-order valence-corrected chi connectivity index (χ4v) is 3.11. The van der Waals surface area contributed by atoms with Crippen LogP contribution in [0.5, 0.6) is 0 Å². The highest BCUT2D eigenvalue weighted by Crippen LogP contribution is 2.35. The third-order valence-electron chi connectivity index (χ3n) is 4.69. The minimum Gasteiger partial charge on any atom is -0.370 e. The number of nitrogens with one attached hydrogen (secondary N) is 2. The van der Waals surface area contributed by atoms with Crippen molar-refractivity contribution in [1.29, 1.82) is 0 Å². The number of rotatable bonds is 6. The van der Waals surface area contributed by atoms with E-state index < -0.39 is 0 Å². The Kier molecular flexibility index (Phi) is 4.71. The summed E-state index contributed by atoms with van der Waals surface area (Å²) in [6.07, 6.45) is 2.94. The molecule has 3 rings (SSSR count). The largest absolute Gasteiger partial charge is 0.370 e. The molecule has 0 unspecified atom stereocenters. The Labute approximate surface area is 143 Å². The van der Waals surface area contributed by atoms with Crippen LogP contribution >= 0.6 is 0 Å². The van der Waals surface area contributed by atoms with Crippen molar-refractivity contribution in [2.24, 2.45) is 5.73 Å². The van der Waals surface area contributed by atoms with Gasteiger partial charge in [-0.15, -0.1) is 0 Å². The van der Waals surface area contributed by atoms with Crippen LogP contribution in [0, 0.1) is 13.8 Å². The van der Waals surface area contributed by atoms with E-state index in [1.807, 2.05) is 25.9 Å². The summed E-state index contributed by atoms with van der Waals surface area (Å²) in [6, 6.07) is 2.38. The van der Waals surface area contributed by atoms with Gasteiger partial charge in [0.15, 0.2) is 0 Å². The smallest absolute Gasteiger partial charge is 0.227 e. The van der Waals surface area contributed by atoms with E-state index >= 15 is 0 Å². The Morgan fingerprint density at radius 1 is 1.29 bits per heavy atom. The molecule has 0 amide bonds. The maximum absolute atomic E-state index is 5.93. The van der Waals surface area contributed by atoms with E-state index in [0.717, 1.165) is 54.7 Å². The molecular formula is C17H27N7. The van der Waals surface area contributed by atoms with Crippen LogP contribution in [0.2, 0.25) is 0 Å². The van der Waals surface area contributed by atoms with E-state index in [2.05, 4.69) is 38.5 Å². The molecule has 0 spiro atoms. The highest BCUT2D eigenvalue weighted by molar-refractivity contribution is 5.44. The summed E-state index contributed by atoms with van der Waals surface area (Å²) in [5, 5.41) is 10.7. The molecule has 24 heavy (non-hydrogen) atoms. The van der Waals surface area contributed by atoms with E-state index in [1.165, 1.54) is 5.56 Å². The van der Waals surface area contributed by atoms with Gasteiger partial charge in [-0.25, -0.2) is 4.98 Å². The van der Waals surface area contributed by atoms with Crippen molar-refractivity contribution >= 4 is 11.8 Å². The number of hydrogen-bond donors (Lipinski definition) is 3. The second-order valence-corrected chi connectivity index (χ2v) is 6.89. The Morgan fingerprint density at radius 2 is 2.04 bits per heavy atom. The first-order valence-corrected chi connectivity index (χ1v) is 8.50. The average molecular weight is 329 g/mol. The lowest BCUT2D eigenvalue weighted by Gasteiger charge is -2.32. The van der Waals surface area contributed by atoms with Gasteiger partial charge < -0.3 is 16.0 Å². The molecule has 1 aliphatic rings. The van der Waals surface area contributed by atoms with Gasteiger partial charge in [-0.1, -0.05) is 0 Å². The van der Waals surface area contributed by atoms with Crippen LogP contribution in [0.1, 0.15) is 41.4 Å². The molecule has 4 N–H and O–H groups in total. The standard InChI is InChI=1S/C17H27N7/c1-10-14(11(2)23-22-10)5-6-19-16-9-15(12-7-13(18)8-12)20-17(21-16)24(3)4/h9,12-13H,5-8,18H2,1-4H3,(H,22,23)(H,19,20,21). The number of aromatic amines is 1. The van der Waals surface area contributed by atoms with Crippen molar-refractivity contribution in [2.75, 3.05) is 30.9 Å². The number of anilines is 2. The molecule has 2 aromatic rings. The molecule has 0 saturated heterocycles. The van der Waals surface area contributed by atoms with Crippen LogP contribution < -0.4 is 16.0 Å². The SMILES string of the molecule is Cc1n[nH]c(C)c1CCNc1cc(C2CC(N)C2)nc(N(C)C)n1. The third kappa shape index (κ3) is 3.51. The van der Waals surface area contributed by atoms with Gasteiger partial charge >= 0.3 is 0 Å². The van der Waals surface area contributed by atoms with Gasteiger partial charge in [0.2, 0.25) is 5.95 Å². The zero-order valence-corrected chi connectivity index (χ0v) is 14.9. The maximum atomic E-state index is 5.93. The zero-order valence-electron chi connectivity index (χ0n) is 14.9. The quantitative estimate of drug-likeness (QED) is 0.747. The monoisotopic (exact) mass is 329 g/mol. The fourth-order valence-electron chi connectivity index (χ4n) is 3.11. The minimum atomic E-state index is 0.316. The van der Waals surface area contributed by atoms with Gasteiger partial charge in [-0.3, -0.25) is 5.10 Å². The topological polar surface area (TPSA) is 95.8 Å². The van der Waals surface area contributed by atoms with Crippen molar-refractivity contribution < 1.29 is 0 Å². The van der Waals surface area contributed by atoms with Crippen LogP contribution in [-0.2, 0) is 6.42 Å². The summed E-state index contributed by atoms with van der Waals surface area (Å²) in [5.41, 5.74) is 10.5. The number of H-pyrrole nitrogens is 1. The number of hydrogen-bond acceptors (Lipinski definition) is 6. The van der Waals surface area contributed by atoms with E-state index in [0.29, 0.717) is 12.0 Å². The third-order valence-corrected chi connectivity index (χ3v) is 4.69. The van der Waals surface area contributed by atoms with Crippen LogP contribution in [0.3, 0.4) is 0 Å². The lowest BCUT2D eigenvalue weighted by molar-refractivity contribution is 0.345. The van der Waals surface area contributed by atoms with Crippen LogP contribution in [0.15, 0.2) is 6.07 Å². The predicted molar refractivity (Wildman–Crippen MR) is 96.6 cm³/mol. The van der Waals surface area contributed by atoms with Crippen molar-refractivity contribution in [3.63, 3.8) is 0 Å². The molecule has 2 heterocycles. The Bertz CT molecular complexity index is 681. The van der Waals surface area contributed by atoms with Gasteiger partial charge in [0.25, 0.3) is 0 Å². The summed E-state index contributed by atoms with van der Waals surface area (Å²) in [4.78, 5) is 11.2. The van der Waals surface area contributed by atoms with Crippen LogP contribution in [0.4, 0.5) is 11.8 Å². The van der Waals surface area contributed by atoms with Crippen molar-refractivity contribution in [1.82, 2.24) is 20.2 Å². The maximum Gasteiger partial charge on any atom is 0.227 e. The van der Waals surface area contributed by atoms with Gasteiger partial charge in [-0.05, 0) is 38.7 Å². The number of nitrogens with two attached hydrogens (primary N) is 1. The van der Waals surface area contributed by atoms with Gasteiger partial charge in [-0.2, -0.15) is 10.1 Å². The van der Waals surface area contributed by atoms with Crippen LogP contribution in [0.25, 0.3) is 0 Å². The first-order chi connectivity index (χ1) is 11.4. The molecule has 130 valence electrons. The molecule has 7 nitrogen and oxygen atoms in total. The van der Waals surface area contributed by atoms with Gasteiger partial charge in [0.05, 0.1) is 11.4 Å². The van der Waals surface area contributed by atoms with E-state index in [4.69, 9.17) is 5.73 Å². The first-order valence-electron chi connectivity index (χ1n) is 8.50. The summed E-state index contributed by atoms with van der Waals surface area (Å²) < 4.78 is 0. The Morgan fingerprint density at radius 3 is 2.62 bits per heavy atom. The lowest BCUT2D eigenvalue weighted by Crippen LogP contribution is -2.35. The van der Waals surface area contributed by atoms with E-state index in [9.17, 15) is 0 Å². The second kappa shape index (κ2) is 6.76. The van der Waals surface area contributed by atoms with Gasteiger partial charge in [0.1, 0.15) is 5.82 Å². The summed E-state index contributed by atoms with van der Waals surface area (Å²) >= 11 is 0. The average Bonchev–Trinajstić information content (AvgIpc) is 2.83. The van der Waals surface area contributed by atoms with Gasteiger partial charge in [0, 0.05) is 44.4 Å². The van der Waals surface area contributed by atoms with E-state index in [1.54, 1.807) is 0 Å². The molecule has 2 aromatic heterocycles. The highest BCUT2D eigenvalue weighted by atomic mass is 15.2. The highest BCUT2D eigenvalue weighted by Gasteiger charge is 2.29. The number of aryl methyl sites for hydroxylation is 2. The van der Waals surface area contributed by atoms with Crippen molar-refractivity contribution in [3.8, 4) is 0 Å². The molecule has 0 aliphatic heterocycles. The second-order valence-electron chi connectivity index (χ2n) is 6.89. The predicted octanol–water partition coefficient (Wildman–Crippen LogP) is 1.74. The summed E-state index contributed by atoms with van der Waals surface area (Å²) in [7, 11) is 3.93. The summed E-state index contributed by atoms with van der Waals surface area (Å²) in [6.45, 7) is 4.91. The number of aromatic nitrogens is 4. The molecule has 1 fully saturated rings. The normalized spacial score (nSPS) is 19.9. The Hall–Kier alpha value is -2.15. The molecule has 0 radical (unpaired) electrons. The van der Waals surface area contributed by atoms with E-state index in [-0.39, 0.29) is 0 Å². The molecule has 1 saturated carbocycles. The van der Waals surface area contributed by atoms with Crippen LogP contribution in [-0.4, -0.2) is 46.8 Å². The molecular weight excluding hydrogens is 302 g/mol. The lowest BCUT2D eigenvalue weighted by atomic mass is 9.78. The molecule has 0 atom stereocenters.